The summed E-state index contributed by atoms with van der Waals surface area (Å²) in [6.07, 6.45) is 0.794. The fourth-order valence-corrected chi connectivity index (χ4v) is 2.61. The van der Waals surface area contributed by atoms with Gasteiger partial charge in [-0.3, -0.25) is 4.79 Å². The zero-order valence-electron chi connectivity index (χ0n) is 12.8. The van der Waals surface area contributed by atoms with Crippen molar-refractivity contribution in [2.75, 3.05) is 27.4 Å². The van der Waals surface area contributed by atoms with Crippen LogP contribution in [0.25, 0.3) is 0 Å². The van der Waals surface area contributed by atoms with E-state index in [1.807, 2.05) is 24.3 Å². The lowest BCUT2D eigenvalue weighted by atomic mass is 10.2. The fraction of sp³-hybridized carbons (Fsp3) is 0.375. The van der Waals surface area contributed by atoms with Crippen molar-refractivity contribution in [2.24, 2.45) is 0 Å². The number of thiazole rings is 1. The molecule has 1 aromatic carbocycles. The molecule has 0 N–H and O–H groups in total. The molecule has 1 amide bonds. The van der Waals surface area contributed by atoms with Crippen molar-refractivity contribution in [3.63, 3.8) is 0 Å². The van der Waals surface area contributed by atoms with Crippen LogP contribution in [0, 0.1) is 0 Å². The first-order chi connectivity index (χ1) is 10.7. The average molecular weight is 320 g/mol. The normalized spacial score (nSPS) is 10.5. The van der Waals surface area contributed by atoms with E-state index >= 15 is 0 Å². The predicted octanol–water partition coefficient (Wildman–Crippen LogP) is 2.83. The van der Waals surface area contributed by atoms with E-state index in [1.165, 1.54) is 11.3 Å². The highest BCUT2D eigenvalue weighted by Crippen LogP contribution is 2.15. The summed E-state index contributed by atoms with van der Waals surface area (Å²) in [6.45, 7) is 1.81. The molecule has 0 aliphatic carbocycles. The van der Waals surface area contributed by atoms with Crippen molar-refractivity contribution in [2.45, 2.75) is 13.0 Å². The summed E-state index contributed by atoms with van der Waals surface area (Å²) in [6, 6.07) is 7.74. The molecule has 22 heavy (non-hydrogen) atoms. The van der Waals surface area contributed by atoms with E-state index in [9.17, 15) is 4.79 Å². The monoisotopic (exact) mass is 320 g/mol. The van der Waals surface area contributed by atoms with Crippen molar-refractivity contribution < 1.29 is 14.3 Å². The molecule has 0 aliphatic rings. The summed E-state index contributed by atoms with van der Waals surface area (Å²) >= 11 is 1.43. The van der Waals surface area contributed by atoms with Crippen molar-refractivity contribution in [1.29, 1.82) is 0 Å². The second-order valence-corrected chi connectivity index (χ2v) is 5.51. The number of ether oxygens (including phenoxy) is 2. The molecule has 0 radical (unpaired) electrons. The second-order valence-electron chi connectivity index (χ2n) is 4.79. The van der Waals surface area contributed by atoms with Gasteiger partial charge >= 0.3 is 0 Å². The van der Waals surface area contributed by atoms with Gasteiger partial charge in [0.1, 0.15) is 11.4 Å². The van der Waals surface area contributed by atoms with Crippen LogP contribution in [0.5, 0.6) is 5.75 Å². The third-order valence-electron chi connectivity index (χ3n) is 3.25. The van der Waals surface area contributed by atoms with Crippen LogP contribution in [0.2, 0.25) is 0 Å². The fourth-order valence-electron chi connectivity index (χ4n) is 2.08. The quantitative estimate of drug-likeness (QED) is 0.702. The summed E-state index contributed by atoms with van der Waals surface area (Å²) in [4.78, 5) is 18.4. The first-order valence-corrected chi connectivity index (χ1v) is 7.98. The smallest absolute Gasteiger partial charge is 0.273 e. The SMILES string of the molecule is COCCCN(Cc1ccc(OC)cc1)C(=O)c1cscn1. The Morgan fingerprint density at radius 3 is 2.64 bits per heavy atom. The van der Waals surface area contributed by atoms with E-state index in [-0.39, 0.29) is 5.91 Å². The number of nitrogens with zero attached hydrogens (tertiary/aromatic N) is 2. The highest BCUT2D eigenvalue weighted by molar-refractivity contribution is 7.07. The molecule has 1 aromatic heterocycles. The van der Waals surface area contributed by atoms with Crippen LogP contribution in [0.4, 0.5) is 0 Å². The van der Waals surface area contributed by atoms with Gasteiger partial charge in [-0.25, -0.2) is 4.98 Å². The molecular formula is C16H20N2O3S. The van der Waals surface area contributed by atoms with Crippen LogP contribution in [0.3, 0.4) is 0 Å². The molecule has 2 aromatic rings. The Balaban J connectivity index is 2.07. The highest BCUT2D eigenvalue weighted by Gasteiger charge is 2.17. The summed E-state index contributed by atoms with van der Waals surface area (Å²) in [5.74, 6) is 0.758. The topological polar surface area (TPSA) is 51.7 Å². The van der Waals surface area contributed by atoms with Gasteiger partial charge in [0.25, 0.3) is 5.91 Å². The number of benzene rings is 1. The standard InChI is InChI=1S/C16H20N2O3S/c1-20-9-3-8-18(16(19)15-11-22-12-17-15)10-13-4-6-14(21-2)7-5-13/h4-7,11-12H,3,8-10H2,1-2H3. The predicted molar refractivity (Wildman–Crippen MR) is 86.3 cm³/mol. The minimum Gasteiger partial charge on any atom is -0.497 e. The first kappa shape index (κ1) is 16.5. The molecule has 0 unspecified atom stereocenters. The van der Waals surface area contributed by atoms with E-state index in [1.54, 1.807) is 30.0 Å². The third kappa shape index (κ3) is 4.54. The Bertz CT molecular complexity index is 570. The first-order valence-electron chi connectivity index (χ1n) is 7.04. The molecule has 0 spiro atoms. The average Bonchev–Trinajstić information content (AvgIpc) is 3.08. The van der Waals surface area contributed by atoms with Crippen LogP contribution >= 0.6 is 11.3 Å². The van der Waals surface area contributed by atoms with Crippen LogP contribution in [0.1, 0.15) is 22.5 Å². The largest absolute Gasteiger partial charge is 0.497 e. The van der Waals surface area contributed by atoms with Crippen molar-refractivity contribution in [1.82, 2.24) is 9.88 Å². The lowest BCUT2D eigenvalue weighted by molar-refractivity contribution is 0.0718. The molecule has 2 rings (SSSR count). The lowest BCUT2D eigenvalue weighted by Crippen LogP contribution is -2.32. The van der Waals surface area contributed by atoms with Crippen LogP contribution in [-0.4, -0.2) is 43.2 Å². The maximum atomic E-state index is 12.5. The zero-order chi connectivity index (χ0) is 15.8. The van der Waals surface area contributed by atoms with E-state index in [0.29, 0.717) is 25.4 Å². The van der Waals surface area contributed by atoms with E-state index in [2.05, 4.69) is 4.98 Å². The van der Waals surface area contributed by atoms with Gasteiger partial charge in [-0.05, 0) is 24.1 Å². The molecule has 0 aliphatic heterocycles. The summed E-state index contributed by atoms with van der Waals surface area (Å²) in [5, 5.41) is 1.78. The van der Waals surface area contributed by atoms with Gasteiger partial charge in [0.05, 0.1) is 12.6 Å². The van der Waals surface area contributed by atoms with Gasteiger partial charge in [-0.2, -0.15) is 0 Å². The number of carbonyl (C=O) groups excluding carboxylic acids is 1. The molecule has 6 heteroatoms. The molecule has 1 heterocycles. The number of hydrogen-bond donors (Lipinski definition) is 0. The summed E-state index contributed by atoms with van der Waals surface area (Å²) in [5.41, 5.74) is 3.23. The van der Waals surface area contributed by atoms with E-state index < -0.39 is 0 Å². The molecule has 0 bridgehead atoms. The zero-order valence-corrected chi connectivity index (χ0v) is 13.6. The molecule has 118 valence electrons. The number of methoxy groups -OCH3 is 2. The van der Waals surface area contributed by atoms with Gasteiger partial charge in [0, 0.05) is 32.2 Å². The lowest BCUT2D eigenvalue weighted by Gasteiger charge is -2.22. The Morgan fingerprint density at radius 1 is 1.27 bits per heavy atom. The highest BCUT2D eigenvalue weighted by atomic mass is 32.1. The third-order valence-corrected chi connectivity index (χ3v) is 3.83. The Labute approximate surface area is 134 Å². The minimum absolute atomic E-state index is 0.0480. The van der Waals surface area contributed by atoms with Gasteiger partial charge in [0.2, 0.25) is 0 Å². The van der Waals surface area contributed by atoms with Crippen molar-refractivity contribution >= 4 is 17.2 Å². The van der Waals surface area contributed by atoms with Crippen molar-refractivity contribution in [3.05, 3.63) is 46.4 Å². The van der Waals surface area contributed by atoms with Gasteiger partial charge in [-0.1, -0.05) is 12.1 Å². The number of aromatic nitrogens is 1. The second kappa shape index (κ2) is 8.51. The van der Waals surface area contributed by atoms with Gasteiger partial charge in [-0.15, -0.1) is 11.3 Å². The van der Waals surface area contributed by atoms with E-state index in [4.69, 9.17) is 9.47 Å². The number of rotatable bonds is 8. The van der Waals surface area contributed by atoms with Gasteiger partial charge in [0.15, 0.2) is 0 Å². The van der Waals surface area contributed by atoms with Crippen molar-refractivity contribution in [3.8, 4) is 5.75 Å². The number of amides is 1. The molecular weight excluding hydrogens is 300 g/mol. The Hall–Kier alpha value is -1.92. The van der Waals surface area contributed by atoms with Crippen LogP contribution in [-0.2, 0) is 11.3 Å². The van der Waals surface area contributed by atoms with Crippen LogP contribution in [0.15, 0.2) is 35.2 Å². The Morgan fingerprint density at radius 2 is 2.05 bits per heavy atom. The summed E-state index contributed by atoms with van der Waals surface area (Å²) in [7, 11) is 3.30. The number of hydrogen-bond acceptors (Lipinski definition) is 5. The molecule has 0 saturated carbocycles. The Kier molecular flexibility index (Phi) is 6.36. The number of carbonyl (C=O) groups is 1. The molecule has 0 fully saturated rings. The molecule has 0 atom stereocenters. The van der Waals surface area contributed by atoms with Gasteiger partial charge < -0.3 is 14.4 Å². The summed E-state index contributed by atoms with van der Waals surface area (Å²) < 4.78 is 10.2. The van der Waals surface area contributed by atoms with E-state index in [0.717, 1.165) is 17.7 Å². The minimum atomic E-state index is -0.0480. The molecule has 5 nitrogen and oxygen atoms in total. The van der Waals surface area contributed by atoms with Crippen LogP contribution < -0.4 is 4.74 Å². The maximum absolute atomic E-state index is 12.5. The molecule has 0 saturated heterocycles. The maximum Gasteiger partial charge on any atom is 0.273 e.